The molecule has 2 unspecified atom stereocenters. The standard InChI is InChI=1S/C14H20N2S/c1-2-12-6-3-4-8-14(12,11-15)16-10-13-7-5-9-17-13/h5,7,9,12,16H,2-4,6,8,10H2,1H3. The van der Waals surface area contributed by atoms with E-state index < -0.39 is 0 Å². The van der Waals surface area contributed by atoms with E-state index in [2.05, 4.69) is 35.8 Å². The van der Waals surface area contributed by atoms with Crippen LogP contribution in [0.15, 0.2) is 17.5 Å². The van der Waals surface area contributed by atoms with Crippen LogP contribution < -0.4 is 5.32 Å². The van der Waals surface area contributed by atoms with Gasteiger partial charge in [0.05, 0.1) is 6.07 Å². The van der Waals surface area contributed by atoms with Crippen molar-refractivity contribution < 1.29 is 0 Å². The average Bonchev–Trinajstić information content (AvgIpc) is 2.89. The molecule has 1 saturated carbocycles. The summed E-state index contributed by atoms with van der Waals surface area (Å²) in [6.45, 7) is 3.04. The van der Waals surface area contributed by atoms with E-state index in [4.69, 9.17) is 0 Å². The molecule has 2 rings (SSSR count). The first kappa shape index (κ1) is 12.6. The Balaban J connectivity index is 2.05. The Morgan fingerprint density at radius 1 is 1.59 bits per heavy atom. The van der Waals surface area contributed by atoms with Crippen LogP contribution in [-0.4, -0.2) is 5.54 Å². The molecule has 0 aromatic carbocycles. The maximum absolute atomic E-state index is 9.56. The van der Waals surface area contributed by atoms with Gasteiger partial charge in [0.1, 0.15) is 5.54 Å². The van der Waals surface area contributed by atoms with Crippen LogP contribution in [-0.2, 0) is 6.54 Å². The normalized spacial score (nSPS) is 28.8. The highest BCUT2D eigenvalue weighted by Gasteiger charge is 2.39. The highest BCUT2D eigenvalue weighted by molar-refractivity contribution is 7.09. The molecule has 1 aliphatic rings. The molecule has 1 aromatic heterocycles. The van der Waals surface area contributed by atoms with Gasteiger partial charge in [0.25, 0.3) is 0 Å². The van der Waals surface area contributed by atoms with Crippen molar-refractivity contribution in [2.75, 3.05) is 0 Å². The smallest absolute Gasteiger partial charge is 0.109 e. The number of hydrogen-bond acceptors (Lipinski definition) is 3. The summed E-state index contributed by atoms with van der Waals surface area (Å²) < 4.78 is 0. The summed E-state index contributed by atoms with van der Waals surface area (Å²) in [5, 5.41) is 15.2. The van der Waals surface area contributed by atoms with Gasteiger partial charge in [-0.1, -0.05) is 32.3 Å². The van der Waals surface area contributed by atoms with Crippen molar-refractivity contribution in [1.82, 2.24) is 5.32 Å². The Labute approximate surface area is 108 Å². The average molecular weight is 248 g/mol. The summed E-state index contributed by atoms with van der Waals surface area (Å²) >= 11 is 1.76. The summed E-state index contributed by atoms with van der Waals surface area (Å²) in [7, 11) is 0. The van der Waals surface area contributed by atoms with Gasteiger partial charge in [-0.3, -0.25) is 5.32 Å². The van der Waals surface area contributed by atoms with Gasteiger partial charge >= 0.3 is 0 Å². The topological polar surface area (TPSA) is 35.8 Å². The monoisotopic (exact) mass is 248 g/mol. The van der Waals surface area contributed by atoms with Gasteiger partial charge in [0, 0.05) is 11.4 Å². The van der Waals surface area contributed by atoms with Crippen molar-refractivity contribution in [3.63, 3.8) is 0 Å². The number of nitriles is 1. The molecule has 1 heterocycles. The van der Waals surface area contributed by atoms with Gasteiger partial charge in [0.15, 0.2) is 0 Å². The predicted molar refractivity (Wildman–Crippen MR) is 71.8 cm³/mol. The second-order valence-electron chi connectivity index (χ2n) is 4.87. The summed E-state index contributed by atoms with van der Waals surface area (Å²) in [5.41, 5.74) is -0.281. The third-order valence-electron chi connectivity index (χ3n) is 3.92. The fraction of sp³-hybridized carbons (Fsp3) is 0.643. The van der Waals surface area contributed by atoms with E-state index in [9.17, 15) is 5.26 Å². The van der Waals surface area contributed by atoms with E-state index in [1.807, 2.05) is 0 Å². The van der Waals surface area contributed by atoms with Crippen molar-refractivity contribution in [2.24, 2.45) is 5.92 Å². The van der Waals surface area contributed by atoms with Gasteiger partial charge in [-0.2, -0.15) is 5.26 Å². The molecule has 0 spiro atoms. The molecule has 17 heavy (non-hydrogen) atoms. The third kappa shape index (κ3) is 2.70. The van der Waals surface area contributed by atoms with E-state index in [-0.39, 0.29) is 5.54 Å². The van der Waals surface area contributed by atoms with Crippen LogP contribution in [0.2, 0.25) is 0 Å². The SMILES string of the molecule is CCC1CCCCC1(C#N)NCc1cccs1. The quantitative estimate of drug-likeness (QED) is 0.882. The van der Waals surface area contributed by atoms with Crippen LogP contribution in [0.4, 0.5) is 0 Å². The molecular weight excluding hydrogens is 228 g/mol. The minimum Gasteiger partial charge on any atom is -0.294 e. The van der Waals surface area contributed by atoms with E-state index in [0.29, 0.717) is 5.92 Å². The molecule has 0 bridgehead atoms. The molecule has 3 heteroatoms. The molecule has 1 aliphatic carbocycles. The first-order valence-corrected chi connectivity index (χ1v) is 7.37. The van der Waals surface area contributed by atoms with E-state index in [1.165, 1.54) is 24.1 Å². The highest BCUT2D eigenvalue weighted by atomic mass is 32.1. The lowest BCUT2D eigenvalue weighted by Gasteiger charge is -2.39. The zero-order valence-corrected chi connectivity index (χ0v) is 11.2. The second kappa shape index (κ2) is 5.66. The molecule has 1 fully saturated rings. The lowest BCUT2D eigenvalue weighted by molar-refractivity contribution is 0.190. The van der Waals surface area contributed by atoms with Crippen LogP contribution in [0.1, 0.15) is 43.9 Å². The number of thiophene rings is 1. The molecule has 2 nitrogen and oxygen atoms in total. The van der Waals surface area contributed by atoms with Crippen LogP contribution in [0.25, 0.3) is 0 Å². The van der Waals surface area contributed by atoms with Gasteiger partial charge < -0.3 is 0 Å². The van der Waals surface area contributed by atoms with Gasteiger partial charge in [0.2, 0.25) is 0 Å². The van der Waals surface area contributed by atoms with Gasteiger partial charge in [-0.25, -0.2) is 0 Å². The molecular formula is C14H20N2S. The Hall–Kier alpha value is -0.850. The summed E-state index contributed by atoms with van der Waals surface area (Å²) in [5.74, 6) is 0.515. The molecule has 0 radical (unpaired) electrons. The summed E-state index contributed by atoms with van der Waals surface area (Å²) in [4.78, 5) is 1.32. The number of rotatable bonds is 4. The molecule has 1 N–H and O–H groups in total. The zero-order chi connectivity index (χ0) is 12.1. The molecule has 1 aromatic rings. The zero-order valence-electron chi connectivity index (χ0n) is 10.4. The maximum atomic E-state index is 9.56. The maximum Gasteiger partial charge on any atom is 0.109 e. The lowest BCUT2D eigenvalue weighted by Crippen LogP contribution is -2.51. The van der Waals surface area contributed by atoms with Crippen molar-refractivity contribution in [3.8, 4) is 6.07 Å². The fourth-order valence-electron chi connectivity index (χ4n) is 2.88. The number of nitrogens with one attached hydrogen (secondary N) is 1. The largest absolute Gasteiger partial charge is 0.294 e. The van der Waals surface area contributed by atoms with Crippen LogP contribution in [0, 0.1) is 17.2 Å². The molecule has 0 amide bonds. The molecule has 92 valence electrons. The van der Waals surface area contributed by atoms with E-state index in [0.717, 1.165) is 19.4 Å². The fourth-order valence-corrected chi connectivity index (χ4v) is 3.52. The van der Waals surface area contributed by atoms with E-state index in [1.54, 1.807) is 11.3 Å². The van der Waals surface area contributed by atoms with Crippen molar-refractivity contribution in [2.45, 2.75) is 51.1 Å². The Kier molecular flexibility index (Phi) is 4.20. The Bertz CT molecular complexity index is 379. The highest BCUT2D eigenvalue weighted by Crippen LogP contribution is 2.35. The first-order valence-electron chi connectivity index (χ1n) is 6.49. The first-order chi connectivity index (χ1) is 8.30. The Morgan fingerprint density at radius 2 is 2.47 bits per heavy atom. The van der Waals surface area contributed by atoms with Crippen LogP contribution in [0.3, 0.4) is 0 Å². The summed E-state index contributed by atoms with van der Waals surface area (Å²) in [6.07, 6.45) is 5.77. The lowest BCUT2D eigenvalue weighted by atomic mass is 9.72. The van der Waals surface area contributed by atoms with Gasteiger partial charge in [-0.15, -0.1) is 11.3 Å². The van der Waals surface area contributed by atoms with E-state index >= 15 is 0 Å². The second-order valence-corrected chi connectivity index (χ2v) is 5.90. The Morgan fingerprint density at radius 3 is 3.12 bits per heavy atom. The van der Waals surface area contributed by atoms with Crippen molar-refractivity contribution >= 4 is 11.3 Å². The number of hydrogen-bond donors (Lipinski definition) is 1. The van der Waals surface area contributed by atoms with Crippen LogP contribution in [0.5, 0.6) is 0 Å². The molecule has 0 saturated heterocycles. The third-order valence-corrected chi connectivity index (χ3v) is 4.80. The summed E-state index contributed by atoms with van der Waals surface area (Å²) in [6, 6.07) is 6.77. The van der Waals surface area contributed by atoms with Crippen LogP contribution >= 0.6 is 11.3 Å². The van der Waals surface area contributed by atoms with Gasteiger partial charge in [-0.05, 0) is 30.2 Å². The molecule has 0 aliphatic heterocycles. The minimum atomic E-state index is -0.281. The molecule has 2 atom stereocenters. The van der Waals surface area contributed by atoms with Crippen molar-refractivity contribution in [3.05, 3.63) is 22.4 Å². The minimum absolute atomic E-state index is 0.281. The van der Waals surface area contributed by atoms with Crippen molar-refractivity contribution in [1.29, 1.82) is 5.26 Å². The number of nitrogens with zero attached hydrogens (tertiary/aromatic N) is 1. The predicted octanol–water partition coefficient (Wildman–Crippen LogP) is 3.70.